The maximum absolute atomic E-state index is 14.4. The van der Waals surface area contributed by atoms with Crippen LogP contribution >= 0.6 is 0 Å². The van der Waals surface area contributed by atoms with E-state index in [9.17, 15) is 38.7 Å². The van der Waals surface area contributed by atoms with Crippen LogP contribution in [0.25, 0.3) is 0 Å². The number of benzene rings is 2. The number of carbonyl (C=O) groups is 2. The van der Waals surface area contributed by atoms with Crippen LogP contribution in [-0.4, -0.2) is 58.5 Å². The Bertz CT molecular complexity index is 1310. The molecule has 45 heavy (non-hydrogen) atoms. The van der Waals surface area contributed by atoms with Gasteiger partial charge < -0.3 is 29.8 Å². The van der Waals surface area contributed by atoms with Crippen LogP contribution < -0.4 is 10.1 Å². The van der Waals surface area contributed by atoms with Gasteiger partial charge in [-0.3, -0.25) is 9.59 Å². The van der Waals surface area contributed by atoms with E-state index >= 15 is 0 Å². The number of nitrogens with zero attached hydrogens (tertiary/aromatic N) is 1. The molecule has 1 aliphatic rings. The summed E-state index contributed by atoms with van der Waals surface area (Å²) < 4.78 is 39.1. The van der Waals surface area contributed by atoms with Crippen LogP contribution in [0.3, 0.4) is 0 Å². The largest absolute Gasteiger partial charge is 0.487 e. The summed E-state index contributed by atoms with van der Waals surface area (Å²) in [6, 6.07) is 14.9. The van der Waals surface area contributed by atoms with Gasteiger partial charge in [0.15, 0.2) is 6.61 Å². The third-order valence-corrected chi connectivity index (χ3v) is 7.26. The highest BCUT2D eigenvalue weighted by Gasteiger charge is 2.40. The fraction of sp³-hybridized carbons (Fsp3) is 0.438. The molecule has 0 bridgehead atoms. The molecule has 0 aliphatic heterocycles. The molecule has 1 saturated carbocycles. The maximum Gasteiger partial charge on any atom is 0.325 e. The maximum atomic E-state index is 14.4. The van der Waals surface area contributed by atoms with Crippen molar-refractivity contribution in [3.63, 3.8) is 0 Å². The lowest BCUT2D eigenvalue weighted by atomic mass is 9.89. The minimum absolute atomic E-state index is 0.0880. The molecule has 0 heterocycles. The molecule has 11 nitrogen and oxygen atoms in total. The van der Waals surface area contributed by atoms with Crippen LogP contribution in [0.15, 0.2) is 78.9 Å². The number of aliphatic hydroxyl groups is 2. The molecule has 1 fully saturated rings. The molecule has 0 unspecified atom stereocenters. The van der Waals surface area contributed by atoms with E-state index in [4.69, 9.17) is 9.47 Å². The zero-order valence-electron chi connectivity index (χ0n) is 24.6. The minimum Gasteiger partial charge on any atom is -0.487 e. The second-order valence-corrected chi connectivity index (χ2v) is 10.6. The van der Waals surface area contributed by atoms with E-state index in [-0.39, 0.29) is 38.5 Å². The molecule has 13 heteroatoms. The second-order valence-electron chi connectivity index (χ2n) is 10.6. The van der Waals surface area contributed by atoms with Gasteiger partial charge in [-0.25, -0.2) is 0 Å². The van der Waals surface area contributed by atoms with Crippen molar-refractivity contribution in [2.75, 3.05) is 13.2 Å². The Hall–Kier alpha value is -4.36. The lowest BCUT2D eigenvalue weighted by Crippen LogP contribution is -2.30. The number of allylic oxidation sites excluding steroid dienone is 2. The topological polar surface area (TPSA) is 157 Å². The predicted molar refractivity (Wildman–Crippen MR) is 158 cm³/mol. The smallest absolute Gasteiger partial charge is 0.325 e. The van der Waals surface area contributed by atoms with Gasteiger partial charge in [-0.15, -0.1) is 10.1 Å². The van der Waals surface area contributed by atoms with E-state index in [0.717, 1.165) is 6.08 Å². The van der Waals surface area contributed by atoms with Crippen LogP contribution in [-0.2, 0) is 32.4 Å². The van der Waals surface area contributed by atoms with Gasteiger partial charge in [-0.2, -0.15) is 8.78 Å². The zero-order valence-corrected chi connectivity index (χ0v) is 24.6. The molecule has 3 N–H and O–H groups in total. The van der Waals surface area contributed by atoms with Crippen molar-refractivity contribution in [3.05, 3.63) is 100 Å². The molecular weight excluding hydrogens is 594 g/mol. The summed E-state index contributed by atoms with van der Waals surface area (Å²) in [5.74, 6) is -5.06. The molecule has 0 saturated heterocycles. The Morgan fingerprint density at radius 3 is 2.42 bits per heavy atom. The lowest BCUT2D eigenvalue weighted by molar-refractivity contribution is -0.763. The highest BCUT2D eigenvalue weighted by Crippen LogP contribution is 2.37. The highest BCUT2D eigenvalue weighted by atomic mass is 19.3. The van der Waals surface area contributed by atoms with Crippen LogP contribution in [0.4, 0.5) is 8.78 Å². The van der Waals surface area contributed by atoms with Gasteiger partial charge in [-0.05, 0) is 54.5 Å². The van der Waals surface area contributed by atoms with Crippen molar-refractivity contribution in [1.29, 1.82) is 0 Å². The monoisotopic (exact) mass is 632 g/mol. The van der Waals surface area contributed by atoms with E-state index in [2.05, 4.69) is 10.2 Å². The zero-order chi connectivity index (χ0) is 32.7. The SMILES string of the molecule is O=C(CCC/C=C\C[C@@H]1[C@@H](/C=C/C(F)(F)COc2ccccc2)[C@H](O)C[C@@H]1O)NCC(=O)OCc1ccccc1CO[N+](=O)[O-]. The molecule has 2 aromatic rings. The minimum atomic E-state index is -3.26. The number of aliphatic hydroxyl groups excluding tert-OH is 2. The van der Waals surface area contributed by atoms with Crippen molar-refractivity contribution in [3.8, 4) is 5.75 Å². The first kappa shape index (κ1) is 35.1. The van der Waals surface area contributed by atoms with Crippen LogP contribution in [0.1, 0.15) is 43.2 Å². The fourth-order valence-electron chi connectivity index (χ4n) is 4.88. The number of carbonyl (C=O) groups excluding carboxylic acids is 2. The van der Waals surface area contributed by atoms with Gasteiger partial charge >= 0.3 is 5.97 Å². The number of hydrogen-bond acceptors (Lipinski definition) is 9. The average Bonchev–Trinajstić information content (AvgIpc) is 3.29. The third kappa shape index (κ3) is 12.6. The Morgan fingerprint density at radius 1 is 1.02 bits per heavy atom. The van der Waals surface area contributed by atoms with Crippen molar-refractivity contribution in [2.24, 2.45) is 11.8 Å². The first-order valence-corrected chi connectivity index (χ1v) is 14.6. The fourth-order valence-corrected chi connectivity index (χ4v) is 4.88. The Labute approximate surface area is 259 Å². The molecule has 244 valence electrons. The number of rotatable bonds is 18. The number of amides is 1. The van der Waals surface area contributed by atoms with Gasteiger partial charge in [0, 0.05) is 18.8 Å². The Kier molecular flexibility index (Phi) is 13.9. The summed E-state index contributed by atoms with van der Waals surface area (Å²) in [7, 11) is 0. The molecule has 0 spiro atoms. The molecule has 0 aromatic heterocycles. The van der Waals surface area contributed by atoms with Gasteiger partial charge in [-0.1, -0.05) is 60.7 Å². The summed E-state index contributed by atoms with van der Waals surface area (Å²) in [4.78, 5) is 38.9. The van der Waals surface area contributed by atoms with Gasteiger partial charge in [0.1, 0.15) is 25.5 Å². The summed E-state index contributed by atoms with van der Waals surface area (Å²) in [6.07, 6.45) is 5.41. The van der Waals surface area contributed by atoms with Gasteiger partial charge in [0.25, 0.3) is 11.0 Å². The molecule has 1 aliphatic carbocycles. The van der Waals surface area contributed by atoms with Crippen molar-refractivity contribution < 1.29 is 48.0 Å². The lowest BCUT2D eigenvalue weighted by Gasteiger charge is -2.20. The van der Waals surface area contributed by atoms with Crippen molar-refractivity contribution in [1.82, 2.24) is 5.32 Å². The molecule has 4 atom stereocenters. The highest BCUT2D eigenvalue weighted by molar-refractivity contribution is 5.81. The Morgan fingerprint density at radius 2 is 1.71 bits per heavy atom. The number of ether oxygens (including phenoxy) is 2. The summed E-state index contributed by atoms with van der Waals surface area (Å²) >= 11 is 0. The number of halogens is 2. The average molecular weight is 633 g/mol. The molecular formula is C32H38F2N2O9. The summed E-state index contributed by atoms with van der Waals surface area (Å²) in [5, 5.41) is 32.7. The van der Waals surface area contributed by atoms with E-state index in [1.165, 1.54) is 6.08 Å². The molecule has 0 radical (unpaired) electrons. The third-order valence-electron chi connectivity index (χ3n) is 7.26. The number of esters is 1. The van der Waals surface area contributed by atoms with Crippen LogP contribution in [0.5, 0.6) is 5.75 Å². The predicted octanol–water partition coefficient (Wildman–Crippen LogP) is 4.30. The van der Waals surface area contributed by atoms with Crippen LogP contribution in [0, 0.1) is 22.0 Å². The van der Waals surface area contributed by atoms with Gasteiger partial charge in [0.2, 0.25) is 5.91 Å². The number of para-hydroxylation sites is 1. The number of hydrogen-bond donors (Lipinski definition) is 3. The first-order chi connectivity index (χ1) is 21.5. The number of unbranched alkanes of at least 4 members (excludes halogenated alkanes) is 1. The normalized spacial score (nSPS) is 19.9. The second kappa shape index (κ2) is 17.8. The molecule has 3 rings (SSSR count). The summed E-state index contributed by atoms with van der Waals surface area (Å²) in [6.45, 7) is -1.60. The molecule has 1 amide bonds. The Balaban J connectivity index is 1.34. The van der Waals surface area contributed by atoms with Crippen molar-refractivity contribution in [2.45, 2.75) is 63.4 Å². The molecule has 2 aromatic carbocycles. The number of nitrogens with one attached hydrogen (secondary N) is 1. The van der Waals surface area contributed by atoms with E-state index < -0.39 is 47.6 Å². The first-order valence-electron chi connectivity index (χ1n) is 14.6. The van der Waals surface area contributed by atoms with Crippen molar-refractivity contribution >= 4 is 11.9 Å². The summed E-state index contributed by atoms with van der Waals surface area (Å²) in [5.41, 5.74) is 1.04. The van der Waals surface area contributed by atoms with Crippen LogP contribution in [0.2, 0.25) is 0 Å². The quantitative estimate of drug-likeness (QED) is 0.0717. The van der Waals surface area contributed by atoms with E-state index in [0.29, 0.717) is 36.1 Å². The van der Waals surface area contributed by atoms with Gasteiger partial charge in [0.05, 0.1) is 12.2 Å². The van der Waals surface area contributed by atoms with E-state index in [1.54, 1.807) is 60.7 Å². The standard InChI is InChI=1S/C32H38F2N2O9/c33-32(34,22-44-25-12-4-3-5-13-25)17-16-27-26(28(37)18-29(27)38)14-6-1-2-7-15-30(39)35-19-31(40)43-20-23-10-8-9-11-24(23)21-45-36(41)42/h1,3-6,8-13,16-17,26-29,37-38H,2,7,14-15,18-22H2,(H,35,39)/b6-1-,17-16+/t26-,27-,28+,29-/m1/s1. The van der Waals surface area contributed by atoms with E-state index in [1.807, 2.05) is 6.08 Å². The number of alkyl halides is 2.